The first-order chi connectivity index (χ1) is 11.3. The van der Waals surface area contributed by atoms with Crippen molar-refractivity contribution in [2.24, 2.45) is 0 Å². The number of aromatic nitrogens is 1. The van der Waals surface area contributed by atoms with E-state index < -0.39 is 0 Å². The molecule has 0 aromatic carbocycles. The van der Waals surface area contributed by atoms with Crippen LogP contribution in [-0.4, -0.2) is 52.0 Å². The number of halogens is 1. The summed E-state index contributed by atoms with van der Waals surface area (Å²) in [6, 6.07) is 7.52. The Hall–Kier alpha value is -0.640. The van der Waals surface area contributed by atoms with Gasteiger partial charge in [-0.05, 0) is 56.6 Å². The largest absolute Gasteiger partial charge is 0.296 e. The number of nitrogens with zero attached hydrogens (tertiary/aromatic N) is 3. The van der Waals surface area contributed by atoms with E-state index in [9.17, 15) is 0 Å². The minimum Gasteiger partial charge on any atom is -0.296 e. The second kappa shape index (κ2) is 5.72. The molecule has 0 N–H and O–H groups in total. The van der Waals surface area contributed by atoms with Crippen LogP contribution in [0.3, 0.4) is 0 Å². The predicted molar refractivity (Wildman–Crippen MR) is 92.9 cm³/mol. The Morgan fingerprint density at radius 1 is 0.913 bits per heavy atom. The molecule has 124 valence electrons. The first-order valence-electron chi connectivity index (χ1n) is 9.42. The van der Waals surface area contributed by atoms with Gasteiger partial charge in [0.05, 0.1) is 0 Å². The van der Waals surface area contributed by atoms with Gasteiger partial charge in [0.15, 0.2) is 0 Å². The van der Waals surface area contributed by atoms with Gasteiger partial charge in [-0.3, -0.25) is 9.80 Å². The zero-order valence-electron chi connectivity index (χ0n) is 13.7. The van der Waals surface area contributed by atoms with Crippen LogP contribution in [0, 0.1) is 0 Å². The molecular formula is C19H26ClN3. The fourth-order valence-corrected chi connectivity index (χ4v) is 6.14. The second-order valence-corrected chi connectivity index (χ2v) is 8.38. The van der Waals surface area contributed by atoms with Gasteiger partial charge in [0.1, 0.15) is 5.15 Å². The van der Waals surface area contributed by atoms with E-state index in [4.69, 9.17) is 11.6 Å². The number of rotatable bonds is 4. The lowest BCUT2D eigenvalue weighted by Gasteiger charge is -2.28. The van der Waals surface area contributed by atoms with Crippen molar-refractivity contribution in [1.82, 2.24) is 14.8 Å². The van der Waals surface area contributed by atoms with Crippen molar-refractivity contribution in [3.05, 3.63) is 29.0 Å². The van der Waals surface area contributed by atoms with Gasteiger partial charge in [0.2, 0.25) is 0 Å². The van der Waals surface area contributed by atoms with Crippen molar-refractivity contribution in [3.8, 4) is 0 Å². The fourth-order valence-electron chi connectivity index (χ4n) is 6.03. The molecule has 1 aromatic rings. The highest BCUT2D eigenvalue weighted by Gasteiger charge is 2.47. The molecule has 4 bridgehead atoms. The van der Waals surface area contributed by atoms with Crippen LogP contribution in [0.1, 0.15) is 56.4 Å². The van der Waals surface area contributed by atoms with Crippen LogP contribution in [0.5, 0.6) is 0 Å². The summed E-state index contributed by atoms with van der Waals surface area (Å²) >= 11 is 5.95. The van der Waals surface area contributed by atoms with Gasteiger partial charge in [0.25, 0.3) is 0 Å². The van der Waals surface area contributed by atoms with Gasteiger partial charge >= 0.3 is 0 Å². The van der Waals surface area contributed by atoms with Crippen molar-refractivity contribution in [2.45, 2.75) is 75.0 Å². The lowest BCUT2D eigenvalue weighted by Crippen LogP contribution is -2.40. The van der Waals surface area contributed by atoms with Crippen molar-refractivity contribution in [2.75, 3.05) is 13.1 Å². The predicted octanol–water partition coefficient (Wildman–Crippen LogP) is 3.68. The van der Waals surface area contributed by atoms with Crippen LogP contribution in [0.25, 0.3) is 0 Å². The molecule has 4 fully saturated rings. The smallest absolute Gasteiger partial charge is 0.129 e. The summed E-state index contributed by atoms with van der Waals surface area (Å²) < 4.78 is 0. The molecule has 0 amide bonds. The van der Waals surface area contributed by atoms with Crippen LogP contribution in [0.2, 0.25) is 5.15 Å². The van der Waals surface area contributed by atoms with Gasteiger partial charge in [-0.2, -0.15) is 0 Å². The highest BCUT2D eigenvalue weighted by atomic mass is 35.5. The minimum absolute atomic E-state index is 0.610. The molecular weight excluding hydrogens is 306 g/mol. The first-order valence-corrected chi connectivity index (χ1v) is 9.80. The Balaban J connectivity index is 1.26. The van der Waals surface area contributed by atoms with Gasteiger partial charge < -0.3 is 0 Å². The maximum Gasteiger partial charge on any atom is 0.129 e. The Bertz CT molecular complexity index is 554. The number of pyridine rings is 1. The quantitative estimate of drug-likeness (QED) is 0.784. The zero-order chi connectivity index (χ0) is 15.4. The first kappa shape index (κ1) is 14.7. The third-order valence-electron chi connectivity index (χ3n) is 7.08. The van der Waals surface area contributed by atoms with E-state index in [1.54, 1.807) is 0 Å². The molecule has 4 heteroatoms. The normalized spacial score (nSPS) is 39.6. The summed E-state index contributed by atoms with van der Waals surface area (Å²) in [4.78, 5) is 9.97. The maximum absolute atomic E-state index is 5.95. The minimum atomic E-state index is 0.610. The Kier molecular flexibility index (Phi) is 3.65. The fraction of sp³-hybridized carbons (Fsp3) is 0.737. The van der Waals surface area contributed by atoms with Gasteiger partial charge in [-0.1, -0.05) is 17.7 Å². The molecule has 3 nitrogen and oxygen atoms in total. The molecule has 4 aliphatic rings. The number of fused-ring (bicyclic) bond motifs is 4. The van der Waals surface area contributed by atoms with Crippen molar-refractivity contribution in [1.29, 1.82) is 0 Å². The molecule has 0 radical (unpaired) electrons. The highest BCUT2D eigenvalue weighted by Crippen LogP contribution is 2.47. The Morgan fingerprint density at radius 2 is 1.61 bits per heavy atom. The number of hydrogen-bond acceptors (Lipinski definition) is 3. The monoisotopic (exact) mass is 331 g/mol. The Morgan fingerprint density at radius 3 is 2.30 bits per heavy atom. The number of hydrogen-bond donors (Lipinski definition) is 0. The summed E-state index contributed by atoms with van der Waals surface area (Å²) in [7, 11) is 0. The van der Waals surface area contributed by atoms with Gasteiger partial charge in [0, 0.05) is 49.4 Å². The van der Waals surface area contributed by atoms with Crippen LogP contribution < -0.4 is 0 Å². The standard InChI is InChI=1S/C19H26ClN3/c20-19-8-1-13(12-21-19)17-11-16-6-7-18(17)23(16)10-9-22-14-2-3-15(22)5-4-14/h1,8,12,14-18H,2-7,9-11H2. The van der Waals surface area contributed by atoms with Crippen molar-refractivity contribution >= 4 is 11.6 Å². The summed E-state index contributed by atoms with van der Waals surface area (Å²) in [5, 5.41) is 0.610. The van der Waals surface area contributed by atoms with E-state index in [1.807, 2.05) is 12.3 Å². The molecule has 5 rings (SSSR count). The van der Waals surface area contributed by atoms with E-state index in [2.05, 4.69) is 20.9 Å². The molecule has 0 spiro atoms. The van der Waals surface area contributed by atoms with Crippen LogP contribution in [0.4, 0.5) is 0 Å². The van der Waals surface area contributed by atoms with E-state index in [0.717, 1.165) is 24.2 Å². The third-order valence-corrected chi connectivity index (χ3v) is 7.30. The Labute approximate surface area is 144 Å². The van der Waals surface area contributed by atoms with E-state index in [-0.39, 0.29) is 0 Å². The molecule has 3 atom stereocenters. The molecule has 0 aliphatic carbocycles. The molecule has 5 heterocycles. The molecule has 4 aliphatic heterocycles. The van der Waals surface area contributed by atoms with E-state index in [0.29, 0.717) is 11.1 Å². The van der Waals surface area contributed by atoms with Crippen LogP contribution in [-0.2, 0) is 0 Å². The second-order valence-electron chi connectivity index (χ2n) is 7.99. The molecule has 23 heavy (non-hydrogen) atoms. The van der Waals surface area contributed by atoms with Crippen LogP contribution in [0.15, 0.2) is 18.3 Å². The van der Waals surface area contributed by atoms with E-state index in [1.165, 1.54) is 63.6 Å². The summed E-state index contributed by atoms with van der Waals surface area (Å²) in [6.07, 6.45) is 11.9. The average Bonchev–Trinajstić information content (AvgIpc) is 3.33. The zero-order valence-corrected chi connectivity index (χ0v) is 14.5. The topological polar surface area (TPSA) is 19.4 Å². The maximum atomic E-state index is 5.95. The van der Waals surface area contributed by atoms with Crippen molar-refractivity contribution < 1.29 is 0 Å². The van der Waals surface area contributed by atoms with Gasteiger partial charge in [-0.25, -0.2) is 4.98 Å². The molecule has 4 saturated heterocycles. The molecule has 1 aromatic heterocycles. The summed E-state index contributed by atoms with van der Waals surface area (Å²) in [5.74, 6) is 0.675. The molecule has 3 unspecified atom stereocenters. The summed E-state index contributed by atoms with van der Waals surface area (Å²) in [5.41, 5.74) is 1.40. The lowest BCUT2D eigenvalue weighted by atomic mass is 9.85. The lowest BCUT2D eigenvalue weighted by molar-refractivity contribution is 0.178. The van der Waals surface area contributed by atoms with E-state index >= 15 is 0 Å². The van der Waals surface area contributed by atoms with Crippen molar-refractivity contribution in [3.63, 3.8) is 0 Å². The highest BCUT2D eigenvalue weighted by molar-refractivity contribution is 6.29. The SMILES string of the molecule is Clc1ccc(C2CC3CCC2N3CCN2C3CCC2CC3)cn1. The summed E-state index contributed by atoms with van der Waals surface area (Å²) in [6.45, 7) is 2.58. The van der Waals surface area contributed by atoms with Crippen LogP contribution >= 0.6 is 11.6 Å². The molecule has 0 saturated carbocycles. The third kappa shape index (κ3) is 2.43. The van der Waals surface area contributed by atoms with Gasteiger partial charge in [-0.15, -0.1) is 0 Å². The average molecular weight is 332 g/mol.